The Balaban J connectivity index is 1.89. The van der Waals surface area contributed by atoms with Crippen LogP contribution in [0.15, 0.2) is 18.2 Å². The molecule has 6 nitrogen and oxygen atoms in total. The molecule has 0 saturated carbocycles. The molecule has 0 aliphatic carbocycles. The Bertz CT molecular complexity index is 547. The number of anilines is 1. The van der Waals surface area contributed by atoms with Crippen LogP contribution in [0.4, 0.5) is 11.4 Å². The van der Waals surface area contributed by atoms with E-state index in [2.05, 4.69) is 9.80 Å². The van der Waals surface area contributed by atoms with Crippen LogP contribution in [0.2, 0.25) is 0 Å². The van der Waals surface area contributed by atoms with Crippen LogP contribution in [0.5, 0.6) is 0 Å². The summed E-state index contributed by atoms with van der Waals surface area (Å²) in [5.41, 5.74) is 1.36. The lowest BCUT2D eigenvalue weighted by atomic mass is 10.1. The Hall–Kier alpha value is -1.66. The van der Waals surface area contributed by atoms with Crippen molar-refractivity contribution in [3.63, 3.8) is 0 Å². The third-order valence-corrected chi connectivity index (χ3v) is 4.61. The second kappa shape index (κ2) is 5.61. The minimum Gasteiger partial charge on any atom is -0.389 e. The first kappa shape index (κ1) is 14.3. The molecule has 3 rings (SSSR count). The lowest BCUT2D eigenvalue weighted by Gasteiger charge is -2.38. The molecule has 114 valence electrons. The van der Waals surface area contributed by atoms with E-state index in [4.69, 9.17) is 0 Å². The maximum absolute atomic E-state index is 11.4. The molecular weight excluding hydrogens is 270 g/mol. The number of piperazine rings is 1. The fourth-order valence-corrected chi connectivity index (χ4v) is 3.42. The van der Waals surface area contributed by atoms with Gasteiger partial charge in [-0.15, -0.1) is 0 Å². The maximum atomic E-state index is 11.4. The van der Waals surface area contributed by atoms with Gasteiger partial charge in [-0.05, 0) is 37.9 Å². The zero-order chi connectivity index (χ0) is 15.0. The lowest BCUT2D eigenvalue weighted by Crippen LogP contribution is -2.50. The van der Waals surface area contributed by atoms with Gasteiger partial charge in [-0.3, -0.25) is 15.0 Å². The van der Waals surface area contributed by atoms with Crippen molar-refractivity contribution in [2.24, 2.45) is 0 Å². The Labute approximate surface area is 124 Å². The summed E-state index contributed by atoms with van der Waals surface area (Å²) in [4.78, 5) is 15.6. The summed E-state index contributed by atoms with van der Waals surface area (Å²) in [6, 6.07) is 5.59. The van der Waals surface area contributed by atoms with Gasteiger partial charge < -0.3 is 10.0 Å². The molecule has 2 aliphatic heterocycles. The van der Waals surface area contributed by atoms with Gasteiger partial charge in [-0.1, -0.05) is 6.07 Å². The first-order valence-electron chi connectivity index (χ1n) is 7.51. The van der Waals surface area contributed by atoms with Crippen molar-refractivity contribution >= 4 is 11.4 Å². The first-order chi connectivity index (χ1) is 10.1. The quantitative estimate of drug-likeness (QED) is 0.680. The van der Waals surface area contributed by atoms with Gasteiger partial charge in [-0.25, -0.2) is 0 Å². The van der Waals surface area contributed by atoms with Gasteiger partial charge >= 0.3 is 0 Å². The fraction of sp³-hybridized carbons (Fsp3) is 0.600. The van der Waals surface area contributed by atoms with Crippen molar-refractivity contribution in [1.82, 2.24) is 4.90 Å². The average molecular weight is 291 g/mol. The van der Waals surface area contributed by atoms with E-state index in [1.165, 1.54) is 18.9 Å². The summed E-state index contributed by atoms with van der Waals surface area (Å²) >= 11 is 0. The number of nitrogens with zero attached hydrogens (tertiary/aromatic N) is 3. The summed E-state index contributed by atoms with van der Waals surface area (Å²) < 4.78 is 0. The molecule has 1 aromatic rings. The molecule has 0 radical (unpaired) electrons. The summed E-state index contributed by atoms with van der Waals surface area (Å²) in [5, 5.41) is 21.0. The SMILES string of the molecule is CC(O)c1ccc(N2CCN3CCCC3C2)c([N+](=O)[O-])c1. The van der Waals surface area contributed by atoms with Crippen LogP contribution in [0.1, 0.15) is 31.4 Å². The van der Waals surface area contributed by atoms with E-state index in [-0.39, 0.29) is 10.6 Å². The van der Waals surface area contributed by atoms with E-state index in [1.54, 1.807) is 19.1 Å². The standard InChI is InChI=1S/C15H21N3O3/c1-11(19)12-4-5-14(15(9-12)18(20)21)17-8-7-16-6-2-3-13(16)10-17/h4-5,9,11,13,19H,2-3,6-8,10H2,1H3. The van der Waals surface area contributed by atoms with E-state index < -0.39 is 6.10 Å². The maximum Gasteiger partial charge on any atom is 0.292 e. The van der Waals surface area contributed by atoms with Gasteiger partial charge in [0.1, 0.15) is 5.69 Å². The normalized spacial score (nSPS) is 23.9. The molecule has 2 saturated heterocycles. The third-order valence-electron chi connectivity index (χ3n) is 4.61. The van der Waals surface area contributed by atoms with Crippen LogP contribution in [0, 0.1) is 10.1 Å². The molecule has 0 amide bonds. The van der Waals surface area contributed by atoms with Crippen molar-refractivity contribution < 1.29 is 10.0 Å². The van der Waals surface area contributed by atoms with Crippen molar-refractivity contribution in [2.45, 2.75) is 31.9 Å². The summed E-state index contributed by atoms with van der Waals surface area (Å²) in [7, 11) is 0. The van der Waals surface area contributed by atoms with E-state index in [0.29, 0.717) is 17.3 Å². The molecule has 0 spiro atoms. The number of aliphatic hydroxyl groups is 1. The van der Waals surface area contributed by atoms with E-state index >= 15 is 0 Å². The summed E-state index contributed by atoms with van der Waals surface area (Å²) in [6.45, 7) is 5.43. The Morgan fingerprint density at radius 3 is 2.90 bits per heavy atom. The highest BCUT2D eigenvalue weighted by Gasteiger charge is 2.32. The highest BCUT2D eigenvalue weighted by atomic mass is 16.6. The van der Waals surface area contributed by atoms with Crippen molar-refractivity contribution in [2.75, 3.05) is 31.1 Å². The van der Waals surface area contributed by atoms with Gasteiger partial charge in [0.05, 0.1) is 11.0 Å². The number of aliphatic hydroxyl groups excluding tert-OH is 1. The summed E-state index contributed by atoms with van der Waals surface area (Å²) in [5.74, 6) is 0. The second-order valence-corrected chi connectivity index (χ2v) is 5.96. The Morgan fingerprint density at radius 2 is 2.19 bits per heavy atom. The smallest absolute Gasteiger partial charge is 0.292 e. The van der Waals surface area contributed by atoms with E-state index in [1.807, 2.05) is 0 Å². The molecule has 0 aromatic heterocycles. The van der Waals surface area contributed by atoms with E-state index in [9.17, 15) is 15.2 Å². The van der Waals surface area contributed by atoms with Gasteiger partial charge in [0.15, 0.2) is 0 Å². The van der Waals surface area contributed by atoms with Gasteiger partial charge in [0.2, 0.25) is 0 Å². The molecular formula is C15H21N3O3. The number of hydrogen-bond donors (Lipinski definition) is 1. The van der Waals surface area contributed by atoms with Crippen LogP contribution >= 0.6 is 0 Å². The highest BCUT2D eigenvalue weighted by molar-refractivity contribution is 5.65. The third kappa shape index (κ3) is 2.73. The molecule has 2 fully saturated rings. The fourth-order valence-electron chi connectivity index (χ4n) is 3.42. The largest absolute Gasteiger partial charge is 0.389 e. The number of nitro groups is 1. The van der Waals surface area contributed by atoms with Gasteiger partial charge in [0.25, 0.3) is 5.69 Å². The molecule has 0 bridgehead atoms. The van der Waals surface area contributed by atoms with Gasteiger partial charge in [-0.2, -0.15) is 0 Å². The highest BCUT2D eigenvalue weighted by Crippen LogP contribution is 2.33. The molecule has 21 heavy (non-hydrogen) atoms. The Kier molecular flexibility index (Phi) is 3.82. The van der Waals surface area contributed by atoms with Crippen LogP contribution < -0.4 is 4.90 Å². The molecule has 1 N–H and O–H groups in total. The van der Waals surface area contributed by atoms with Crippen molar-refractivity contribution in [3.8, 4) is 0 Å². The molecule has 2 atom stereocenters. The average Bonchev–Trinajstić information content (AvgIpc) is 2.93. The molecule has 2 aliphatic rings. The van der Waals surface area contributed by atoms with Gasteiger partial charge in [0, 0.05) is 31.7 Å². The predicted octanol–water partition coefficient (Wildman–Crippen LogP) is 1.93. The molecule has 6 heteroatoms. The first-order valence-corrected chi connectivity index (χ1v) is 7.51. The summed E-state index contributed by atoms with van der Waals surface area (Å²) in [6.07, 6.45) is 1.71. The molecule has 2 unspecified atom stereocenters. The number of rotatable bonds is 3. The van der Waals surface area contributed by atoms with E-state index in [0.717, 1.165) is 26.2 Å². The minimum atomic E-state index is -0.690. The number of nitro benzene ring substituents is 1. The van der Waals surface area contributed by atoms with Crippen LogP contribution in [-0.4, -0.2) is 47.2 Å². The molecule has 1 aromatic carbocycles. The zero-order valence-electron chi connectivity index (χ0n) is 12.2. The topological polar surface area (TPSA) is 69.8 Å². The van der Waals surface area contributed by atoms with Crippen LogP contribution in [0.3, 0.4) is 0 Å². The monoisotopic (exact) mass is 291 g/mol. The zero-order valence-corrected chi connectivity index (χ0v) is 12.2. The Morgan fingerprint density at radius 1 is 1.38 bits per heavy atom. The number of benzene rings is 1. The lowest BCUT2D eigenvalue weighted by molar-refractivity contribution is -0.384. The molecule has 2 heterocycles. The predicted molar refractivity (Wildman–Crippen MR) is 80.5 cm³/mol. The second-order valence-electron chi connectivity index (χ2n) is 5.96. The van der Waals surface area contributed by atoms with Crippen molar-refractivity contribution in [1.29, 1.82) is 0 Å². The number of fused-ring (bicyclic) bond motifs is 1. The minimum absolute atomic E-state index is 0.0971. The number of hydrogen-bond acceptors (Lipinski definition) is 5. The van der Waals surface area contributed by atoms with Crippen LogP contribution in [0.25, 0.3) is 0 Å². The van der Waals surface area contributed by atoms with Crippen molar-refractivity contribution in [3.05, 3.63) is 33.9 Å². The van der Waals surface area contributed by atoms with Crippen LogP contribution in [-0.2, 0) is 0 Å².